The molecule has 1 aliphatic carbocycles. The number of hydrogen-bond donors (Lipinski definition) is 1. The van der Waals surface area contributed by atoms with Gasteiger partial charge in [0.15, 0.2) is 9.84 Å². The van der Waals surface area contributed by atoms with Gasteiger partial charge in [0.2, 0.25) is 5.91 Å². The minimum Gasteiger partial charge on any atom is -0.354 e. The summed E-state index contributed by atoms with van der Waals surface area (Å²) in [5.41, 5.74) is 2.40. The number of rotatable bonds is 5. The summed E-state index contributed by atoms with van der Waals surface area (Å²) in [6.07, 6.45) is 5.45. The molecule has 1 saturated carbocycles. The first-order valence-electron chi connectivity index (χ1n) is 7.78. The van der Waals surface area contributed by atoms with E-state index in [9.17, 15) is 13.2 Å². The summed E-state index contributed by atoms with van der Waals surface area (Å²) in [4.78, 5) is 12.1. The molecule has 0 saturated heterocycles. The van der Waals surface area contributed by atoms with Gasteiger partial charge in [-0.25, -0.2) is 8.42 Å². The number of carbonyl (C=O) groups is 1. The standard InChI is InChI=1S/C17H25NO3S/c1-13-7-6-8-15(11-13)17(9-4-5-10-17)12-18-16(19)14(2)22(3,20)21/h6-8,11,14H,4-5,9-10,12H2,1-3H3,(H,18,19)/t14-/m1/s1. The van der Waals surface area contributed by atoms with Crippen LogP contribution in [0.1, 0.15) is 43.7 Å². The number of amides is 1. The number of benzene rings is 1. The van der Waals surface area contributed by atoms with Crippen LogP contribution in [-0.2, 0) is 20.0 Å². The van der Waals surface area contributed by atoms with Crippen LogP contribution in [0.4, 0.5) is 0 Å². The van der Waals surface area contributed by atoms with E-state index in [0.29, 0.717) is 6.54 Å². The first-order chi connectivity index (χ1) is 10.2. The fourth-order valence-corrected chi connectivity index (χ4v) is 3.66. The van der Waals surface area contributed by atoms with Gasteiger partial charge in [-0.2, -0.15) is 0 Å². The second-order valence-electron chi connectivity index (χ2n) is 6.55. The van der Waals surface area contributed by atoms with Crippen LogP contribution >= 0.6 is 0 Å². The molecule has 1 amide bonds. The summed E-state index contributed by atoms with van der Waals surface area (Å²) < 4.78 is 23.0. The van der Waals surface area contributed by atoms with Crippen LogP contribution in [0.25, 0.3) is 0 Å². The number of sulfone groups is 1. The lowest BCUT2D eigenvalue weighted by atomic mass is 9.78. The van der Waals surface area contributed by atoms with Crippen molar-refractivity contribution < 1.29 is 13.2 Å². The second-order valence-corrected chi connectivity index (χ2v) is 8.91. The highest BCUT2D eigenvalue weighted by atomic mass is 32.2. The van der Waals surface area contributed by atoms with Crippen LogP contribution in [-0.4, -0.2) is 32.4 Å². The third-order valence-corrected chi connectivity index (χ3v) is 6.30. The van der Waals surface area contributed by atoms with Crippen LogP contribution in [0.3, 0.4) is 0 Å². The summed E-state index contributed by atoms with van der Waals surface area (Å²) >= 11 is 0. The van der Waals surface area contributed by atoms with Gasteiger partial charge in [-0.05, 0) is 32.3 Å². The van der Waals surface area contributed by atoms with Crippen molar-refractivity contribution in [2.75, 3.05) is 12.8 Å². The molecule has 1 aromatic carbocycles. The zero-order chi connectivity index (χ0) is 16.4. The molecule has 5 heteroatoms. The molecule has 1 aromatic rings. The Bertz CT molecular complexity index is 646. The summed E-state index contributed by atoms with van der Waals surface area (Å²) in [5, 5.41) is 1.87. The van der Waals surface area contributed by atoms with Gasteiger partial charge in [0.1, 0.15) is 5.25 Å². The monoisotopic (exact) mass is 323 g/mol. The molecule has 22 heavy (non-hydrogen) atoms. The van der Waals surface area contributed by atoms with Gasteiger partial charge in [-0.3, -0.25) is 4.79 Å². The molecule has 0 heterocycles. The maximum Gasteiger partial charge on any atom is 0.238 e. The van der Waals surface area contributed by atoms with E-state index in [1.54, 1.807) is 0 Å². The van der Waals surface area contributed by atoms with E-state index >= 15 is 0 Å². The van der Waals surface area contributed by atoms with Gasteiger partial charge in [0.25, 0.3) is 0 Å². The van der Waals surface area contributed by atoms with Crippen LogP contribution in [0.15, 0.2) is 24.3 Å². The number of hydrogen-bond acceptors (Lipinski definition) is 3. The van der Waals surface area contributed by atoms with E-state index in [2.05, 4.69) is 30.4 Å². The van der Waals surface area contributed by atoms with Crippen LogP contribution in [0, 0.1) is 6.92 Å². The Kier molecular flexibility index (Phi) is 4.95. The Morgan fingerprint density at radius 2 is 1.95 bits per heavy atom. The molecule has 1 N–H and O–H groups in total. The molecule has 1 atom stereocenters. The summed E-state index contributed by atoms with van der Waals surface area (Å²) in [5.74, 6) is -0.401. The zero-order valence-corrected chi connectivity index (χ0v) is 14.4. The van der Waals surface area contributed by atoms with Gasteiger partial charge in [-0.15, -0.1) is 0 Å². The molecular weight excluding hydrogens is 298 g/mol. The normalized spacial score (nSPS) is 18.9. The Balaban J connectivity index is 2.15. The third kappa shape index (κ3) is 3.69. The average Bonchev–Trinajstić information content (AvgIpc) is 2.93. The molecule has 0 aromatic heterocycles. The Hall–Kier alpha value is -1.36. The Morgan fingerprint density at radius 3 is 2.50 bits per heavy atom. The summed E-state index contributed by atoms with van der Waals surface area (Å²) in [6.45, 7) is 4.02. The summed E-state index contributed by atoms with van der Waals surface area (Å²) in [7, 11) is -3.35. The Morgan fingerprint density at radius 1 is 1.32 bits per heavy atom. The lowest BCUT2D eigenvalue weighted by Gasteiger charge is -2.30. The first kappa shape index (κ1) is 17.0. The number of aryl methyl sites for hydroxylation is 1. The average molecular weight is 323 g/mol. The molecule has 0 bridgehead atoms. The topological polar surface area (TPSA) is 63.2 Å². The van der Waals surface area contributed by atoms with Crippen molar-refractivity contribution >= 4 is 15.7 Å². The molecule has 1 aliphatic rings. The van der Waals surface area contributed by atoms with Crippen LogP contribution in [0.5, 0.6) is 0 Å². The van der Waals surface area contributed by atoms with Crippen molar-refractivity contribution in [1.29, 1.82) is 0 Å². The van der Waals surface area contributed by atoms with Gasteiger partial charge < -0.3 is 5.32 Å². The van der Waals surface area contributed by atoms with Gasteiger partial charge in [-0.1, -0.05) is 42.7 Å². The van der Waals surface area contributed by atoms with Crippen molar-refractivity contribution in [3.05, 3.63) is 35.4 Å². The molecular formula is C17H25NO3S. The second kappa shape index (κ2) is 6.41. The molecule has 0 radical (unpaired) electrons. The molecule has 0 unspecified atom stereocenters. The van der Waals surface area contributed by atoms with Crippen molar-refractivity contribution in [2.24, 2.45) is 0 Å². The van der Waals surface area contributed by atoms with Crippen LogP contribution in [0.2, 0.25) is 0 Å². The lowest BCUT2D eigenvalue weighted by molar-refractivity contribution is -0.120. The highest BCUT2D eigenvalue weighted by Gasteiger charge is 2.36. The predicted molar refractivity (Wildman–Crippen MR) is 88.6 cm³/mol. The highest BCUT2D eigenvalue weighted by Crippen LogP contribution is 2.40. The zero-order valence-electron chi connectivity index (χ0n) is 13.6. The van der Waals surface area contributed by atoms with E-state index in [0.717, 1.165) is 31.9 Å². The minimum absolute atomic E-state index is 0.0566. The van der Waals surface area contributed by atoms with Crippen molar-refractivity contribution in [3.63, 3.8) is 0 Å². The number of carbonyl (C=O) groups excluding carboxylic acids is 1. The highest BCUT2D eigenvalue weighted by molar-refractivity contribution is 7.92. The van der Waals surface area contributed by atoms with Crippen molar-refractivity contribution in [3.8, 4) is 0 Å². The van der Waals surface area contributed by atoms with E-state index in [1.165, 1.54) is 18.1 Å². The van der Waals surface area contributed by atoms with Crippen molar-refractivity contribution in [1.82, 2.24) is 5.32 Å². The molecule has 1 fully saturated rings. The fourth-order valence-electron chi connectivity index (χ4n) is 3.19. The largest absolute Gasteiger partial charge is 0.354 e. The van der Waals surface area contributed by atoms with Crippen molar-refractivity contribution in [2.45, 2.75) is 50.2 Å². The van der Waals surface area contributed by atoms with E-state index < -0.39 is 21.0 Å². The summed E-state index contributed by atoms with van der Waals surface area (Å²) in [6, 6.07) is 8.41. The molecule has 122 valence electrons. The third-order valence-electron chi connectivity index (χ3n) is 4.80. The predicted octanol–water partition coefficient (Wildman–Crippen LogP) is 2.36. The van der Waals surface area contributed by atoms with Gasteiger partial charge >= 0.3 is 0 Å². The van der Waals surface area contributed by atoms with E-state index in [1.807, 2.05) is 6.07 Å². The lowest BCUT2D eigenvalue weighted by Crippen LogP contribution is -2.44. The SMILES string of the molecule is Cc1cccc(C2(CNC(=O)[C@@H](C)S(C)(=O)=O)CCCC2)c1. The van der Waals surface area contributed by atoms with E-state index in [-0.39, 0.29) is 5.41 Å². The number of nitrogens with one attached hydrogen (secondary N) is 1. The molecule has 0 spiro atoms. The fraction of sp³-hybridized carbons (Fsp3) is 0.588. The van der Waals surface area contributed by atoms with Gasteiger partial charge in [0, 0.05) is 18.2 Å². The minimum atomic E-state index is -3.35. The van der Waals surface area contributed by atoms with Gasteiger partial charge in [0.05, 0.1) is 0 Å². The maximum atomic E-state index is 12.1. The van der Waals surface area contributed by atoms with Crippen LogP contribution < -0.4 is 5.32 Å². The smallest absolute Gasteiger partial charge is 0.238 e. The van der Waals surface area contributed by atoms with E-state index in [4.69, 9.17) is 0 Å². The first-order valence-corrected chi connectivity index (χ1v) is 9.74. The Labute approximate surface area is 133 Å². The molecule has 4 nitrogen and oxygen atoms in total. The quantitative estimate of drug-likeness (QED) is 0.905. The molecule has 0 aliphatic heterocycles. The maximum absolute atomic E-state index is 12.1. The molecule has 2 rings (SSSR count).